The van der Waals surface area contributed by atoms with Gasteiger partial charge >= 0.3 is 6.09 Å². The molecule has 2 atom stereocenters. The Morgan fingerprint density at radius 2 is 2.25 bits per heavy atom. The van der Waals surface area contributed by atoms with Crippen molar-refractivity contribution in [2.24, 2.45) is 5.73 Å². The molecule has 5 nitrogen and oxygen atoms in total. The van der Waals surface area contributed by atoms with Gasteiger partial charge in [-0.1, -0.05) is 0 Å². The van der Waals surface area contributed by atoms with Crippen LogP contribution in [0.5, 0.6) is 0 Å². The number of ether oxygens (including phenoxy) is 1. The van der Waals surface area contributed by atoms with Crippen molar-refractivity contribution < 1.29 is 14.6 Å². The molecule has 1 aliphatic heterocycles. The highest BCUT2D eigenvalue weighted by Crippen LogP contribution is 2.22. The van der Waals surface area contributed by atoms with Crippen molar-refractivity contribution in [3.8, 4) is 0 Å². The fraction of sp³-hybridized carbons (Fsp3) is 0.909. The number of carbonyl (C=O) groups is 1. The largest absolute Gasteiger partial charge is 0.444 e. The van der Waals surface area contributed by atoms with E-state index in [-0.39, 0.29) is 24.8 Å². The number of rotatable bonds is 2. The highest BCUT2D eigenvalue weighted by atomic mass is 16.6. The molecule has 0 aromatic heterocycles. The van der Waals surface area contributed by atoms with Crippen LogP contribution in [0.15, 0.2) is 0 Å². The summed E-state index contributed by atoms with van der Waals surface area (Å²) in [6.45, 7) is 6.06. The summed E-state index contributed by atoms with van der Waals surface area (Å²) >= 11 is 0. The lowest BCUT2D eigenvalue weighted by Gasteiger charge is -2.30. The third kappa shape index (κ3) is 3.35. The maximum atomic E-state index is 11.9. The Labute approximate surface area is 96.6 Å². The fourth-order valence-corrected chi connectivity index (χ4v) is 1.91. The van der Waals surface area contributed by atoms with Crippen molar-refractivity contribution >= 4 is 6.09 Å². The Kier molecular flexibility index (Phi) is 4.15. The predicted molar refractivity (Wildman–Crippen MR) is 61.0 cm³/mol. The molecule has 3 N–H and O–H groups in total. The molecule has 2 unspecified atom stereocenters. The summed E-state index contributed by atoms with van der Waals surface area (Å²) in [7, 11) is 0. The smallest absolute Gasteiger partial charge is 0.410 e. The zero-order valence-electron chi connectivity index (χ0n) is 10.3. The molecule has 94 valence electrons. The minimum absolute atomic E-state index is 0.0974. The number of aliphatic hydroxyl groups is 1. The molecule has 0 aromatic carbocycles. The minimum atomic E-state index is -0.493. The number of hydrogen-bond acceptors (Lipinski definition) is 4. The Bertz CT molecular complexity index is 250. The summed E-state index contributed by atoms with van der Waals surface area (Å²) in [6, 6.07) is -0.477. The van der Waals surface area contributed by atoms with Crippen LogP contribution in [0.3, 0.4) is 0 Å². The number of amides is 1. The van der Waals surface area contributed by atoms with Gasteiger partial charge in [0.1, 0.15) is 5.60 Å². The van der Waals surface area contributed by atoms with Crippen LogP contribution in [0.25, 0.3) is 0 Å². The molecule has 1 saturated heterocycles. The van der Waals surface area contributed by atoms with Crippen molar-refractivity contribution in [3.05, 3.63) is 0 Å². The van der Waals surface area contributed by atoms with Gasteiger partial charge in [-0.15, -0.1) is 0 Å². The molecule has 0 saturated carbocycles. The third-order valence-corrected chi connectivity index (χ3v) is 2.63. The van der Waals surface area contributed by atoms with Crippen molar-refractivity contribution in [2.45, 2.75) is 51.3 Å². The van der Waals surface area contributed by atoms with Crippen LogP contribution in [-0.4, -0.2) is 46.9 Å². The third-order valence-electron chi connectivity index (χ3n) is 2.63. The van der Waals surface area contributed by atoms with Crippen LogP contribution in [0.4, 0.5) is 4.79 Å². The standard InChI is InChI=1S/C11H22N2O3/c1-11(2,3)16-10(15)13-6-4-5-9(13)8(12)7-14/h8-9,14H,4-7,12H2,1-3H3. The van der Waals surface area contributed by atoms with Crippen molar-refractivity contribution in [1.82, 2.24) is 4.90 Å². The highest BCUT2D eigenvalue weighted by molar-refractivity contribution is 5.69. The summed E-state index contributed by atoms with van der Waals surface area (Å²) in [5.74, 6) is 0. The van der Waals surface area contributed by atoms with Gasteiger partial charge in [0.05, 0.1) is 12.6 Å². The first kappa shape index (κ1) is 13.3. The molecule has 1 rings (SSSR count). The van der Waals surface area contributed by atoms with E-state index in [2.05, 4.69) is 0 Å². The van der Waals surface area contributed by atoms with Crippen LogP contribution in [0.1, 0.15) is 33.6 Å². The first-order valence-corrected chi connectivity index (χ1v) is 5.71. The second-order valence-electron chi connectivity index (χ2n) is 5.23. The molecular weight excluding hydrogens is 208 g/mol. The van der Waals surface area contributed by atoms with Gasteiger partial charge in [0.15, 0.2) is 0 Å². The zero-order chi connectivity index (χ0) is 12.3. The molecule has 16 heavy (non-hydrogen) atoms. The van der Waals surface area contributed by atoms with E-state index in [1.807, 2.05) is 20.8 Å². The second kappa shape index (κ2) is 5.01. The molecule has 1 heterocycles. The Morgan fingerprint density at radius 3 is 2.75 bits per heavy atom. The number of nitrogens with two attached hydrogens (primary N) is 1. The number of aliphatic hydroxyl groups excluding tert-OH is 1. The maximum Gasteiger partial charge on any atom is 0.410 e. The molecule has 0 spiro atoms. The van der Waals surface area contributed by atoms with Crippen molar-refractivity contribution in [1.29, 1.82) is 0 Å². The quantitative estimate of drug-likeness (QED) is 0.732. The van der Waals surface area contributed by atoms with Gasteiger partial charge in [0.25, 0.3) is 0 Å². The number of hydrogen-bond donors (Lipinski definition) is 2. The zero-order valence-corrected chi connectivity index (χ0v) is 10.3. The normalized spacial score (nSPS) is 23.3. The molecule has 0 aromatic rings. The van der Waals surface area contributed by atoms with E-state index in [1.165, 1.54) is 0 Å². The average Bonchev–Trinajstić information content (AvgIpc) is 2.62. The average molecular weight is 230 g/mol. The van der Waals surface area contributed by atoms with Gasteiger partial charge in [-0.3, -0.25) is 0 Å². The molecule has 0 aliphatic carbocycles. The number of carbonyl (C=O) groups excluding carboxylic acids is 1. The summed E-state index contributed by atoms with van der Waals surface area (Å²) in [5, 5.41) is 9.02. The second-order valence-corrected chi connectivity index (χ2v) is 5.23. The van der Waals surface area contributed by atoms with Crippen LogP contribution in [-0.2, 0) is 4.74 Å². The van der Waals surface area contributed by atoms with Crippen LogP contribution >= 0.6 is 0 Å². The van der Waals surface area contributed by atoms with E-state index in [1.54, 1.807) is 4.90 Å². The molecule has 1 fully saturated rings. The predicted octanol–water partition coefficient (Wildman–Crippen LogP) is 0.706. The molecule has 0 bridgehead atoms. The lowest BCUT2D eigenvalue weighted by Crippen LogP contribution is -2.49. The first-order chi connectivity index (χ1) is 7.35. The van der Waals surface area contributed by atoms with Gasteiger partial charge in [-0.25, -0.2) is 4.79 Å². The lowest BCUT2D eigenvalue weighted by molar-refractivity contribution is 0.0190. The molecule has 5 heteroatoms. The van der Waals surface area contributed by atoms with Gasteiger partial charge in [-0.05, 0) is 33.6 Å². The van der Waals surface area contributed by atoms with Crippen molar-refractivity contribution in [3.63, 3.8) is 0 Å². The monoisotopic (exact) mass is 230 g/mol. The lowest BCUT2D eigenvalue weighted by atomic mass is 10.1. The number of likely N-dealkylation sites (tertiary alicyclic amines) is 1. The van der Waals surface area contributed by atoms with E-state index in [0.29, 0.717) is 6.54 Å². The summed E-state index contributed by atoms with van der Waals surface area (Å²) in [5.41, 5.74) is 5.28. The van der Waals surface area contributed by atoms with Gasteiger partial charge in [0, 0.05) is 12.6 Å². The highest BCUT2D eigenvalue weighted by Gasteiger charge is 2.35. The van der Waals surface area contributed by atoms with E-state index < -0.39 is 5.60 Å². The molecule has 1 aliphatic rings. The summed E-state index contributed by atoms with van der Waals surface area (Å²) in [4.78, 5) is 13.5. The Balaban J connectivity index is 2.61. The minimum Gasteiger partial charge on any atom is -0.444 e. The fourth-order valence-electron chi connectivity index (χ4n) is 1.91. The van der Waals surface area contributed by atoms with E-state index in [0.717, 1.165) is 12.8 Å². The Hall–Kier alpha value is -0.810. The Morgan fingerprint density at radius 1 is 1.62 bits per heavy atom. The summed E-state index contributed by atoms with van der Waals surface area (Å²) < 4.78 is 5.30. The van der Waals surface area contributed by atoms with E-state index in [4.69, 9.17) is 15.6 Å². The van der Waals surface area contributed by atoms with Gasteiger partial charge < -0.3 is 20.5 Å². The van der Waals surface area contributed by atoms with Crippen molar-refractivity contribution in [2.75, 3.05) is 13.2 Å². The number of nitrogens with zero attached hydrogens (tertiary/aromatic N) is 1. The van der Waals surface area contributed by atoms with E-state index in [9.17, 15) is 4.79 Å². The van der Waals surface area contributed by atoms with E-state index >= 15 is 0 Å². The first-order valence-electron chi connectivity index (χ1n) is 5.71. The van der Waals surface area contributed by atoms with Crippen LogP contribution < -0.4 is 5.73 Å². The molecule has 0 radical (unpaired) electrons. The maximum absolute atomic E-state index is 11.9. The molecular formula is C11H22N2O3. The van der Waals surface area contributed by atoms with Gasteiger partial charge in [0.2, 0.25) is 0 Å². The van der Waals surface area contributed by atoms with Crippen LogP contribution in [0, 0.1) is 0 Å². The van der Waals surface area contributed by atoms with Crippen LogP contribution in [0.2, 0.25) is 0 Å². The van der Waals surface area contributed by atoms with Gasteiger partial charge in [-0.2, -0.15) is 0 Å². The molecule has 1 amide bonds. The topological polar surface area (TPSA) is 75.8 Å². The summed E-state index contributed by atoms with van der Waals surface area (Å²) in [6.07, 6.45) is 1.41. The SMILES string of the molecule is CC(C)(C)OC(=O)N1CCCC1C(N)CO.